The molecule has 0 aromatic carbocycles. The maximum atomic E-state index is 5.89. The van der Waals surface area contributed by atoms with Crippen LogP contribution in [0.5, 0.6) is 0 Å². The smallest absolute Gasteiger partial charge is 0.0833 e. The Morgan fingerprint density at radius 2 is 1.80 bits per heavy atom. The van der Waals surface area contributed by atoms with Crippen molar-refractivity contribution in [2.45, 2.75) is 64.5 Å². The van der Waals surface area contributed by atoms with Crippen molar-refractivity contribution in [2.24, 2.45) is 5.92 Å². The fourth-order valence-electron chi connectivity index (χ4n) is 3.04. The maximum absolute atomic E-state index is 5.89. The summed E-state index contributed by atoms with van der Waals surface area (Å²) in [6.07, 6.45) is 6.46. The number of hydrogen-bond donors (Lipinski definition) is 1. The van der Waals surface area contributed by atoms with Gasteiger partial charge in [-0.15, -0.1) is 0 Å². The van der Waals surface area contributed by atoms with Crippen molar-refractivity contribution in [3.63, 3.8) is 0 Å². The summed E-state index contributed by atoms with van der Waals surface area (Å²) in [6.45, 7) is 7.81. The Hall–Kier alpha value is -0.0800. The number of likely N-dealkylation sites (N-methyl/N-ethyl adjacent to an activating group) is 1. The third-order valence-corrected chi connectivity index (χ3v) is 3.76. The quantitative estimate of drug-likeness (QED) is 0.758. The molecule has 0 aromatic rings. The van der Waals surface area contributed by atoms with E-state index in [0.29, 0.717) is 12.0 Å². The summed E-state index contributed by atoms with van der Waals surface area (Å²) in [6, 6.07) is 0.507. The SMILES string of the molecule is CCNC(C(C)C)C1(OC)CCCCC1. The lowest BCUT2D eigenvalue weighted by atomic mass is 9.75. The second kappa shape index (κ2) is 5.86. The van der Waals surface area contributed by atoms with Crippen LogP contribution in [0.1, 0.15) is 52.9 Å². The Balaban J connectivity index is 2.74. The largest absolute Gasteiger partial charge is 0.377 e. The van der Waals surface area contributed by atoms with E-state index in [9.17, 15) is 0 Å². The minimum atomic E-state index is 0.0996. The first-order valence-corrected chi connectivity index (χ1v) is 6.45. The molecule has 0 radical (unpaired) electrons. The number of hydrogen-bond acceptors (Lipinski definition) is 2. The second-order valence-corrected chi connectivity index (χ2v) is 5.11. The zero-order valence-corrected chi connectivity index (χ0v) is 10.8. The molecule has 15 heavy (non-hydrogen) atoms. The molecule has 0 saturated heterocycles. The molecule has 0 bridgehead atoms. The van der Waals surface area contributed by atoms with Gasteiger partial charge in [-0.2, -0.15) is 0 Å². The molecule has 0 aliphatic heterocycles. The standard InChI is InChI=1S/C13H27NO/c1-5-14-12(11(2)3)13(15-4)9-7-6-8-10-13/h11-12,14H,5-10H2,1-4H3. The lowest BCUT2D eigenvalue weighted by Gasteiger charge is -2.44. The van der Waals surface area contributed by atoms with Crippen LogP contribution < -0.4 is 5.32 Å². The van der Waals surface area contributed by atoms with Crippen molar-refractivity contribution >= 4 is 0 Å². The molecular weight excluding hydrogens is 186 g/mol. The molecule has 1 aliphatic rings. The number of rotatable bonds is 5. The average Bonchev–Trinajstić information content (AvgIpc) is 2.26. The molecule has 1 atom stereocenters. The van der Waals surface area contributed by atoms with Gasteiger partial charge in [0.25, 0.3) is 0 Å². The summed E-state index contributed by atoms with van der Waals surface area (Å²) >= 11 is 0. The molecule has 2 heteroatoms. The molecular formula is C13H27NO. The molecule has 0 aromatic heterocycles. The Morgan fingerprint density at radius 3 is 2.20 bits per heavy atom. The monoisotopic (exact) mass is 213 g/mol. The van der Waals surface area contributed by atoms with Crippen LogP contribution in [0.25, 0.3) is 0 Å². The highest BCUT2D eigenvalue weighted by atomic mass is 16.5. The summed E-state index contributed by atoms with van der Waals surface area (Å²) in [7, 11) is 1.89. The Morgan fingerprint density at radius 1 is 1.20 bits per heavy atom. The van der Waals surface area contributed by atoms with E-state index in [-0.39, 0.29) is 5.60 Å². The van der Waals surface area contributed by atoms with Crippen molar-refractivity contribution < 1.29 is 4.74 Å². The van der Waals surface area contributed by atoms with Gasteiger partial charge in [-0.25, -0.2) is 0 Å². The van der Waals surface area contributed by atoms with Crippen LogP contribution in [0.15, 0.2) is 0 Å². The van der Waals surface area contributed by atoms with Crippen LogP contribution in [0.3, 0.4) is 0 Å². The molecule has 1 N–H and O–H groups in total. The normalized spacial score (nSPS) is 23.0. The highest BCUT2D eigenvalue weighted by Crippen LogP contribution is 2.36. The summed E-state index contributed by atoms with van der Waals surface area (Å²) in [4.78, 5) is 0. The van der Waals surface area contributed by atoms with Gasteiger partial charge >= 0.3 is 0 Å². The van der Waals surface area contributed by atoms with Gasteiger partial charge in [0, 0.05) is 13.2 Å². The van der Waals surface area contributed by atoms with Gasteiger partial charge in [0.2, 0.25) is 0 Å². The van der Waals surface area contributed by atoms with Crippen LogP contribution in [0, 0.1) is 5.92 Å². The summed E-state index contributed by atoms with van der Waals surface area (Å²) in [5, 5.41) is 3.62. The zero-order valence-electron chi connectivity index (χ0n) is 10.8. The molecule has 0 spiro atoms. The van der Waals surface area contributed by atoms with Crippen molar-refractivity contribution in [3.05, 3.63) is 0 Å². The van der Waals surface area contributed by atoms with Crippen molar-refractivity contribution in [2.75, 3.05) is 13.7 Å². The minimum absolute atomic E-state index is 0.0996. The van der Waals surface area contributed by atoms with Crippen LogP contribution in [0.4, 0.5) is 0 Å². The molecule has 90 valence electrons. The topological polar surface area (TPSA) is 21.3 Å². The first kappa shape index (κ1) is 13.0. The molecule has 0 heterocycles. The third-order valence-electron chi connectivity index (χ3n) is 3.76. The Kier molecular flexibility index (Phi) is 5.07. The Bertz CT molecular complexity index is 173. The van der Waals surface area contributed by atoms with Gasteiger partial charge in [0.15, 0.2) is 0 Å². The average molecular weight is 213 g/mol. The third kappa shape index (κ3) is 2.94. The lowest BCUT2D eigenvalue weighted by Crippen LogP contribution is -2.55. The van der Waals surface area contributed by atoms with Crippen LogP contribution in [0.2, 0.25) is 0 Å². The van der Waals surface area contributed by atoms with Gasteiger partial charge in [-0.3, -0.25) is 0 Å². The fraction of sp³-hybridized carbons (Fsp3) is 1.00. The second-order valence-electron chi connectivity index (χ2n) is 5.11. The Labute approximate surface area is 94.8 Å². The number of methoxy groups -OCH3 is 1. The highest BCUT2D eigenvalue weighted by Gasteiger charge is 2.40. The van der Waals surface area contributed by atoms with Crippen LogP contribution in [-0.4, -0.2) is 25.3 Å². The van der Waals surface area contributed by atoms with Gasteiger partial charge in [-0.05, 0) is 25.3 Å². The van der Waals surface area contributed by atoms with Crippen LogP contribution >= 0.6 is 0 Å². The predicted octanol–water partition coefficient (Wildman–Crippen LogP) is 2.97. The molecule has 0 amide bonds. The van der Waals surface area contributed by atoms with Gasteiger partial charge in [0.05, 0.1) is 5.60 Å². The lowest BCUT2D eigenvalue weighted by molar-refractivity contribution is -0.0778. The van der Waals surface area contributed by atoms with E-state index in [1.807, 2.05) is 7.11 Å². The van der Waals surface area contributed by atoms with Crippen LogP contribution in [-0.2, 0) is 4.74 Å². The first-order chi connectivity index (χ1) is 7.16. The van der Waals surface area contributed by atoms with E-state index in [1.54, 1.807) is 0 Å². The van der Waals surface area contributed by atoms with Crippen molar-refractivity contribution in [1.29, 1.82) is 0 Å². The number of ether oxygens (including phenoxy) is 1. The fourth-order valence-corrected chi connectivity index (χ4v) is 3.04. The van der Waals surface area contributed by atoms with Gasteiger partial charge in [0.1, 0.15) is 0 Å². The maximum Gasteiger partial charge on any atom is 0.0833 e. The van der Waals surface area contributed by atoms with E-state index < -0.39 is 0 Å². The molecule has 1 aliphatic carbocycles. The van der Waals surface area contributed by atoms with E-state index >= 15 is 0 Å². The molecule has 1 fully saturated rings. The van der Waals surface area contributed by atoms with Crippen molar-refractivity contribution in [3.8, 4) is 0 Å². The molecule has 2 nitrogen and oxygen atoms in total. The predicted molar refractivity (Wildman–Crippen MR) is 65.1 cm³/mol. The minimum Gasteiger partial charge on any atom is -0.377 e. The van der Waals surface area contributed by atoms with E-state index in [0.717, 1.165) is 6.54 Å². The van der Waals surface area contributed by atoms with E-state index in [1.165, 1.54) is 32.1 Å². The highest BCUT2D eigenvalue weighted by molar-refractivity contribution is 4.96. The van der Waals surface area contributed by atoms with Crippen molar-refractivity contribution in [1.82, 2.24) is 5.32 Å². The molecule has 1 saturated carbocycles. The summed E-state index contributed by atoms with van der Waals surface area (Å²) in [5.74, 6) is 0.642. The van der Waals surface area contributed by atoms with Gasteiger partial charge in [-0.1, -0.05) is 40.0 Å². The molecule has 1 rings (SSSR count). The first-order valence-electron chi connectivity index (χ1n) is 6.45. The number of nitrogens with one attached hydrogen (secondary N) is 1. The van der Waals surface area contributed by atoms with E-state index in [2.05, 4.69) is 26.1 Å². The van der Waals surface area contributed by atoms with E-state index in [4.69, 9.17) is 4.74 Å². The summed E-state index contributed by atoms with van der Waals surface area (Å²) < 4.78 is 5.89. The molecule has 1 unspecified atom stereocenters. The van der Waals surface area contributed by atoms with Gasteiger partial charge < -0.3 is 10.1 Å². The summed E-state index contributed by atoms with van der Waals surface area (Å²) in [5.41, 5.74) is 0.0996. The zero-order chi connectivity index (χ0) is 11.3.